The van der Waals surface area contributed by atoms with Crippen LogP contribution in [0.25, 0.3) is 0 Å². The maximum Gasteiger partial charge on any atom is 0.416 e. The Balaban J connectivity index is 2.32. The zero-order valence-electron chi connectivity index (χ0n) is 14.2. The number of methoxy groups -OCH3 is 1. The Labute approximate surface area is 156 Å². The molecule has 0 aliphatic carbocycles. The van der Waals surface area contributed by atoms with Crippen molar-refractivity contribution in [3.8, 4) is 11.8 Å². The second-order valence-electron chi connectivity index (χ2n) is 5.73. The molecule has 27 heavy (non-hydrogen) atoms. The first-order chi connectivity index (χ1) is 12.7. The van der Waals surface area contributed by atoms with Crippen LogP contribution in [-0.2, 0) is 10.9 Å². The van der Waals surface area contributed by atoms with Gasteiger partial charge in [-0.2, -0.15) is 18.4 Å². The van der Waals surface area contributed by atoms with Crippen LogP contribution < -0.4 is 10.5 Å². The van der Waals surface area contributed by atoms with E-state index in [1.807, 2.05) is 6.07 Å². The highest BCUT2D eigenvalue weighted by molar-refractivity contribution is 7.12. The Morgan fingerprint density at radius 2 is 2.04 bits per heavy atom. The molecule has 9 heteroatoms. The van der Waals surface area contributed by atoms with Gasteiger partial charge in [0.05, 0.1) is 23.5 Å². The summed E-state index contributed by atoms with van der Waals surface area (Å²) in [7, 11) is 1.19. The summed E-state index contributed by atoms with van der Waals surface area (Å²) in [5, 5.41) is 9.51. The number of carbonyl (C=O) groups is 1. The van der Waals surface area contributed by atoms with Crippen molar-refractivity contribution in [3.05, 3.63) is 62.2 Å². The molecule has 2 aromatic rings. The van der Waals surface area contributed by atoms with Crippen LogP contribution in [0.3, 0.4) is 0 Å². The highest BCUT2D eigenvalue weighted by Crippen LogP contribution is 2.51. The van der Waals surface area contributed by atoms with E-state index in [1.165, 1.54) is 25.3 Å². The topological polar surface area (TPSA) is 85.3 Å². The quantitative estimate of drug-likeness (QED) is 0.776. The summed E-state index contributed by atoms with van der Waals surface area (Å²) in [4.78, 5) is 12.9. The summed E-state index contributed by atoms with van der Waals surface area (Å²) in [5.41, 5.74) is 4.75. The molecule has 2 heterocycles. The van der Waals surface area contributed by atoms with Gasteiger partial charge in [0, 0.05) is 4.88 Å². The van der Waals surface area contributed by atoms with E-state index in [2.05, 4.69) is 0 Å². The van der Waals surface area contributed by atoms with Gasteiger partial charge in [0.15, 0.2) is 5.75 Å². The van der Waals surface area contributed by atoms with Crippen LogP contribution in [0.1, 0.15) is 37.2 Å². The number of ether oxygens (including phenoxy) is 2. The first-order valence-corrected chi connectivity index (χ1v) is 8.47. The van der Waals surface area contributed by atoms with Gasteiger partial charge in [-0.05, 0) is 18.6 Å². The van der Waals surface area contributed by atoms with Crippen LogP contribution in [0.15, 0.2) is 35.7 Å². The van der Waals surface area contributed by atoms with Crippen molar-refractivity contribution in [2.75, 3.05) is 7.11 Å². The van der Waals surface area contributed by atoms with Crippen molar-refractivity contribution in [2.45, 2.75) is 19.0 Å². The Morgan fingerprint density at radius 1 is 1.37 bits per heavy atom. The molecule has 1 aliphatic heterocycles. The lowest BCUT2D eigenvalue weighted by Crippen LogP contribution is -2.23. The number of esters is 1. The minimum atomic E-state index is -4.62. The van der Waals surface area contributed by atoms with E-state index in [9.17, 15) is 23.2 Å². The van der Waals surface area contributed by atoms with Gasteiger partial charge in [-0.15, -0.1) is 11.3 Å². The fraction of sp³-hybridized carbons (Fsp3) is 0.222. The number of allylic oxidation sites excluding steroid dienone is 1. The summed E-state index contributed by atoms with van der Waals surface area (Å²) in [6, 6.07) is 6.80. The van der Waals surface area contributed by atoms with Crippen molar-refractivity contribution in [1.82, 2.24) is 0 Å². The van der Waals surface area contributed by atoms with Crippen molar-refractivity contribution >= 4 is 17.3 Å². The van der Waals surface area contributed by atoms with E-state index < -0.39 is 23.6 Å². The molecule has 1 aromatic heterocycles. The van der Waals surface area contributed by atoms with Gasteiger partial charge < -0.3 is 15.2 Å². The standard InChI is InChI=1S/C18H13F3N2O3S/c1-8-12(17(24)25-2)14-15(27-8)13(10(7-22)16(23)26-14)9-5-3-4-6-11(9)18(19,20)21/h3-6,13H,23H2,1-2H3. The molecule has 0 bridgehead atoms. The van der Waals surface area contributed by atoms with Crippen molar-refractivity contribution < 1.29 is 27.4 Å². The number of carbonyl (C=O) groups excluding carboxylic acids is 1. The van der Waals surface area contributed by atoms with Gasteiger partial charge in [-0.1, -0.05) is 18.2 Å². The molecule has 1 aromatic carbocycles. The third-order valence-corrected chi connectivity index (χ3v) is 5.33. The second kappa shape index (κ2) is 6.63. The molecule has 0 fully saturated rings. The van der Waals surface area contributed by atoms with Gasteiger partial charge in [0.1, 0.15) is 17.2 Å². The third-order valence-electron chi connectivity index (χ3n) is 4.18. The summed E-state index contributed by atoms with van der Waals surface area (Å²) in [6.07, 6.45) is -4.62. The van der Waals surface area contributed by atoms with Crippen LogP contribution >= 0.6 is 11.3 Å². The number of halogens is 3. The molecule has 0 spiro atoms. The molecule has 0 amide bonds. The average molecular weight is 394 g/mol. The summed E-state index contributed by atoms with van der Waals surface area (Å²) < 4.78 is 50.8. The van der Waals surface area contributed by atoms with Crippen molar-refractivity contribution in [3.63, 3.8) is 0 Å². The van der Waals surface area contributed by atoms with E-state index in [1.54, 1.807) is 6.92 Å². The predicted octanol–water partition coefficient (Wildman–Crippen LogP) is 4.08. The number of rotatable bonds is 2. The number of nitrogens with zero attached hydrogens (tertiary/aromatic N) is 1. The normalized spacial score (nSPS) is 16.4. The van der Waals surface area contributed by atoms with E-state index in [-0.39, 0.29) is 28.3 Å². The number of fused-ring (bicyclic) bond motifs is 1. The minimum absolute atomic E-state index is 0.0304. The van der Waals surface area contributed by atoms with Crippen LogP contribution in [0.5, 0.6) is 5.75 Å². The summed E-state index contributed by atoms with van der Waals surface area (Å²) >= 11 is 1.07. The fourth-order valence-corrected chi connectivity index (χ4v) is 4.24. The van der Waals surface area contributed by atoms with Gasteiger partial charge in [0.25, 0.3) is 0 Å². The van der Waals surface area contributed by atoms with Crippen molar-refractivity contribution in [2.24, 2.45) is 5.73 Å². The largest absolute Gasteiger partial charge is 0.465 e. The first kappa shape index (κ1) is 18.8. The summed E-state index contributed by atoms with van der Waals surface area (Å²) in [6.45, 7) is 1.62. The number of benzene rings is 1. The minimum Gasteiger partial charge on any atom is -0.465 e. The monoisotopic (exact) mass is 394 g/mol. The predicted molar refractivity (Wildman–Crippen MR) is 91.1 cm³/mol. The smallest absolute Gasteiger partial charge is 0.416 e. The zero-order chi connectivity index (χ0) is 19.9. The number of hydrogen-bond donors (Lipinski definition) is 1. The lowest BCUT2D eigenvalue weighted by atomic mass is 9.85. The van der Waals surface area contributed by atoms with Gasteiger partial charge in [0.2, 0.25) is 5.88 Å². The van der Waals surface area contributed by atoms with Gasteiger partial charge in [-0.25, -0.2) is 4.79 Å². The van der Waals surface area contributed by atoms with Gasteiger partial charge in [-0.3, -0.25) is 0 Å². The molecule has 0 radical (unpaired) electrons. The third kappa shape index (κ3) is 3.02. The molecule has 1 atom stereocenters. The molecule has 3 rings (SSSR count). The molecule has 0 saturated carbocycles. The Hall–Kier alpha value is -2.99. The van der Waals surface area contributed by atoms with Crippen LogP contribution in [-0.4, -0.2) is 13.1 Å². The van der Waals surface area contributed by atoms with Crippen LogP contribution in [0.4, 0.5) is 13.2 Å². The molecule has 1 aliphatic rings. The van der Waals surface area contributed by atoms with E-state index in [4.69, 9.17) is 15.2 Å². The average Bonchev–Trinajstić information content (AvgIpc) is 2.94. The Morgan fingerprint density at radius 3 is 2.63 bits per heavy atom. The number of alkyl halides is 3. The molecule has 0 saturated heterocycles. The lowest BCUT2D eigenvalue weighted by Gasteiger charge is -2.26. The Bertz CT molecular complexity index is 1000. The number of nitriles is 1. The maximum absolute atomic E-state index is 13.5. The molecule has 2 N–H and O–H groups in total. The molecule has 1 unspecified atom stereocenters. The maximum atomic E-state index is 13.5. The summed E-state index contributed by atoms with van der Waals surface area (Å²) in [5.74, 6) is -2.10. The highest BCUT2D eigenvalue weighted by Gasteiger charge is 2.42. The lowest BCUT2D eigenvalue weighted by molar-refractivity contribution is -0.138. The van der Waals surface area contributed by atoms with Crippen LogP contribution in [0, 0.1) is 18.3 Å². The van der Waals surface area contributed by atoms with E-state index in [0.29, 0.717) is 9.75 Å². The first-order valence-electron chi connectivity index (χ1n) is 7.66. The van der Waals surface area contributed by atoms with Crippen LogP contribution in [0.2, 0.25) is 0 Å². The number of hydrogen-bond acceptors (Lipinski definition) is 6. The van der Waals surface area contributed by atoms with Gasteiger partial charge >= 0.3 is 12.1 Å². The highest BCUT2D eigenvalue weighted by atomic mass is 32.1. The molecular formula is C18H13F3N2O3S. The van der Waals surface area contributed by atoms with E-state index >= 15 is 0 Å². The molecule has 140 valence electrons. The SMILES string of the molecule is COC(=O)c1c(C)sc2c1OC(N)=C(C#N)C2c1ccccc1C(F)(F)F. The second-order valence-corrected chi connectivity index (χ2v) is 6.98. The fourth-order valence-electron chi connectivity index (χ4n) is 3.04. The zero-order valence-corrected chi connectivity index (χ0v) is 15.0. The molecule has 5 nitrogen and oxygen atoms in total. The van der Waals surface area contributed by atoms with E-state index in [0.717, 1.165) is 17.4 Å². The Kier molecular flexibility index (Phi) is 4.61. The van der Waals surface area contributed by atoms with Crippen molar-refractivity contribution in [1.29, 1.82) is 5.26 Å². The number of aryl methyl sites for hydroxylation is 1. The number of nitrogens with two attached hydrogens (primary N) is 1. The number of thiophene rings is 1. The molecular weight excluding hydrogens is 381 g/mol.